The first kappa shape index (κ1) is 13.8. The van der Waals surface area contributed by atoms with E-state index in [1.165, 1.54) is 5.56 Å². The summed E-state index contributed by atoms with van der Waals surface area (Å²) >= 11 is 5.89. The number of rotatable bonds is 4. The molecular formula is C14H21ClN2O. The summed E-state index contributed by atoms with van der Waals surface area (Å²) < 4.78 is 0. The molecule has 1 aliphatic rings. The summed E-state index contributed by atoms with van der Waals surface area (Å²) in [5, 5.41) is 9.87. The van der Waals surface area contributed by atoms with Crippen LogP contribution in [-0.2, 0) is 6.54 Å². The maximum atomic E-state index is 9.08. The zero-order chi connectivity index (χ0) is 13.0. The van der Waals surface area contributed by atoms with Crippen LogP contribution in [0.4, 0.5) is 0 Å². The Labute approximate surface area is 114 Å². The number of hydrogen-bond donors (Lipinski definition) is 1. The Hall–Kier alpha value is -0.610. The van der Waals surface area contributed by atoms with E-state index < -0.39 is 0 Å². The first-order valence-corrected chi connectivity index (χ1v) is 6.84. The molecule has 1 heterocycles. The predicted molar refractivity (Wildman–Crippen MR) is 74.8 cm³/mol. The van der Waals surface area contributed by atoms with Crippen LogP contribution >= 0.6 is 11.6 Å². The predicted octanol–water partition coefficient (Wildman–Crippen LogP) is 1.84. The quantitative estimate of drug-likeness (QED) is 0.903. The largest absolute Gasteiger partial charge is 0.396 e. The molecule has 1 aromatic carbocycles. The molecule has 0 radical (unpaired) electrons. The van der Waals surface area contributed by atoms with Gasteiger partial charge < -0.3 is 10.0 Å². The van der Waals surface area contributed by atoms with Gasteiger partial charge in [0.1, 0.15) is 0 Å². The summed E-state index contributed by atoms with van der Waals surface area (Å²) in [5.41, 5.74) is 1.30. The lowest BCUT2D eigenvalue weighted by Gasteiger charge is -2.39. The third kappa shape index (κ3) is 3.69. The minimum atomic E-state index is 0.268. The Morgan fingerprint density at radius 2 is 2.00 bits per heavy atom. The molecule has 0 unspecified atom stereocenters. The molecule has 0 bridgehead atoms. The highest BCUT2D eigenvalue weighted by molar-refractivity contribution is 6.30. The van der Waals surface area contributed by atoms with Gasteiger partial charge in [-0.3, -0.25) is 4.90 Å². The van der Waals surface area contributed by atoms with Crippen molar-refractivity contribution in [1.29, 1.82) is 0 Å². The SMILES string of the molecule is CN1CCN(Cc2ccc(Cl)cc2)C[C@@H]1CCO. The third-order valence-corrected chi connectivity index (χ3v) is 3.89. The number of likely N-dealkylation sites (N-methyl/N-ethyl adjacent to an activating group) is 1. The van der Waals surface area contributed by atoms with Gasteiger partial charge in [0.05, 0.1) is 0 Å². The van der Waals surface area contributed by atoms with Gasteiger partial charge in [0.2, 0.25) is 0 Å². The second-order valence-electron chi connectivity index (χ2n) is 5.01. The zero-order valence-electron chi connectivity index (χ0n) is 10.8. The fourth-order valence-corrected chi connectivity index (χ4v) is 2.59. The standard InChI is InChI=1S/C14H21ClN2O/c1-16-7-8-17(11-14(16)6-9-18)10-12-2-4-13(15)5-3-12/h2-5,14,18H,6-11H2,1H3/t14-/m0/s1. The lowest BCUT2D eigenvalue weighted by atomic mass is 10.1. The van der Waals surface area contributed by atoms with Gasteiger partial charge >= 0.3 is 0 Å². The Bertz CT molecular complexity index is 369. The molecule has 0 aliphatic carbocycles. The molecule has 4 heteroatoms. The fraction of sp³-hybridized carbons (Fsp3) is 0.571. The Kier molecular flexibility index (Phi) is 5.01. The van der Waals surface area contributed by atoms with E-state index in [0.29, 0.717) is 6.04 Å². The third-order valence-electron chi connectivity index (χ3n) is 3.64. The van der Waals surface area contributed by atoms with Gasteiger partial charge in [-0.1, -0.05) is 23.7 Å². The number of benzene rings is 1. The molecule has 1 N–H and O–H groups in total. The number of halogens is 1. The maximum absolute atomic E-state index is 9.08. The molecule has 0 amide bonds. The van der Waals surface area contributed by atoms with Crippen LogP contribution in [-0.4, -0.2) is 54.2 Å². The van der Waals surface area contributed by atoms with Crippen LogP contribution in [0.3, 0.4) is 0 Å². The topological polar surface area (TPSA) is 26.7 Å². The molecule has 1 fully saturated rings. The van der Waals surface area contributed by atoms with Crippen LogP contribution in [0.5, 0.6) is 0 Å². The van der Waals surface area contributed by atoms with Gasteiger partial charge in [0.25, 0.3) is 0 Å². The van der Waals surface area contributed by atoms with Crippen molar-refractivity contribution < 1.29 is 5.11 Å². The molecule has 1 aromatic rings. The van der Waals surface area contributed by atoms with Gasteiger partial charge in [-0.15, -0.1) is 0 Å². The van der Waals surface area contributed by atoms with Crippen molar-refractivity contribution >= 4 is 11.6 Å². The average molecular weight is 269 g/mol. The number of aliphatic hydroxyl groups excluding tert-OH is 1. The van der Waals surface area contributed by atoms with Crippen LogP contribution in [0.2, 0.25) is 5.02 Å². The van der Waals surface area contributed by atoms with Crippen molar-refractivity contribution in [3.05, 3.63) is 34.9 Å². The highest BCUT2D eigenvalue weighted by Gasteiger charge is 2.23. The second kappa shape index (κ2) is 6.53. The lowest BCUT2D eigenvalue weighted by molar-refractivity contribution is 0.0743. The number of aliphatic hydroxyl groups is 1. The van der Waals surface area contributed by atoms with Gasteiger partial charge in [-0.05, 0) is 31.2 Å². The number of piperazine rings is 1. The van der Waals surface area contributed by atoms with Crippen LogP contribution < -0.4 is 0 Å². The highest BCUT2D eigenvalue weighted by atomic mass is 35.5. The minimum absolute atomic E-state index is 0.268. The Morgan fingerprint density at radius 1 is 1.28 bits per heavy atom. The molecule has 1 aliphatic heterocycles. The van der Waals surface area contributed by atoms with Gasteiger partial charge in [0.15, 0.2) is 0 Å². The lowest BCUT2D eigenvalue weighted by Crippen LogP contribution is -2.51. The van der Waals surface area contributed by atoms with Gasteiger partial charge in [0, 0.05) is 43.9 Å². The first-order valence-electron chi connectivity index (χ1n) is 6.47. The van der Waals surface area contributed by atoms with Crippen molar-refractivity contribution in [3.8, 4) is 0 Å². The Morgan fingerprint density at radius 3 is 2.67 bits per heavy atom. The molecule has 18 heavy (non-hydrogen) atoms. The van der Waals surface area contributed by atoms with Crippen LogP contribution in [0.1, 0.15) is 12.0 Å². The minimum Gasteiger partial charge on any atom is -0.396 e. The van der Waals surface area contributed by atoms with Gasteiger partial charge in [-0.25, -0.2) is 0 Å². The summed E-state index contributed by atoms with van der Waals surface area (Å²) in [7, 11) is 2.14. The fourth-order valence-electron chi connectivity index (χ4n) is 2.46. The van der Waals surface area contributed by atoms with E-state index in [9.17, 15) is 0 Å². The van der Waals surface area contributed by atoms with Crippen molar-refractivity contribution in [1.82, 2.24) is 9.80 Å². The molecular weight excluding hydrogens is 248 g/mol. The van der Waals surface area contributed by atoms with Crippen molar-refractivity contribution in [2.45, 2.75) is 19.0 Å². The van der Waals surface area contributed by atoms with Crippen LogP contribution in [0.25, 0.3) is 0 Å². The molecule has 2 rings (SSSR count). The molecule has 0 spiro atoms. The number of hydrogen-bond acceptors (Lipinski definition) is 3. The van der Waals surface area contributed by atoms with E-state index in [2.05, 4.69) is 29.0 Å². The van der Waals surface area contributed by atoms with E-state index in [1.807, 2.05) is 12.1 Å². The zero-order valence-corrected chi connectivity index (χ0v) is 11.6. The van der Waals surface area contributed by atoms with Gasteiger partial charge in [-0.2, -0.15) is 0 Å². The molecule has 0 saturated carbocycles. The second-order valence-corrected chi connectivity index (χ2v) is 5.44. The maximum Gasteiger partial charge on any atom is 0.0446 e. The van der Waals surface area contributed by atoms with E-state index in [1.54, 1.807) is 0 Å². The monoisotopic (exact) mass is 268 g/mol. The summed E-state index contributed by atoms with van der Waals surface area (Å²) in [6.45, 7) is 4.41. The van der Waals surface area contributed by atoms with E-state index >= 15 is 0 Å². The molecule has 1 saturated heterocycles. The van der Waals surface area contributed by atoms with E-state index in [4.69, 9.17) is 16.7 Å². The highest BCUT2D eigenvalue weighted by Crippen LogP contribution is 2.15. The van der Waals surface area contributed by atoms with E-state index in [0.717, 1.165) is 37.6 Å². The normalized spacial score (nSPS) is 22.3. The Balaban J connectivity index is 1.91. The smallest absolute Gasteiger partial charge is 0.0446 e. The summed E-state index contributed by atoms with van der Waals surface area (Å²) in [6.07, 6.45) is 0.855. The van der Waals surface area contributed by atoms with Crippen molar-refractivity contribution in [3.63, 3.8) is 0 Å². The summed E-state index contributed by atoms with van der Waals surface area (Å²) in [4.78, 5) is 4.79. The summed E-state index contributed by atoms with van der Waals surface area (Å²) in [5.74, 6) is 0. The number of nitrogens with zero attached hydrogens (tertiary/aromatic N) is 2. The summed E-state index contributed by atoms with van der Waals surface area (Å²) in [6, 6.07) is 8.52. The van der Waals surface area contributed by atoms with Crippen LogP contribution in [0, 0.1) is 0 Å². The van der Waals surface area contributed by atoms with Crippen molar-refractivity contribution in [2.24, 2.45) is 0 Å². The molecule has 0 aromatic heterocycles. The van der Waals surface area contributed by atoms with Crippen LogP contribution in [0.15, 0.2) is 24.3 Å². The molecule has 1 atom stereocenters. The van der Waals surface area contributed by atoms with Crippen molar-refractivity contribution in [2.75, 3.05) is 33.3 Å². The van der Waals surface area contributed by atoms with E-state index in [-0.39, 0.29) is 6.61 Å². The first-order chi connectivity index (χ1) is 8.69. The molecule has 100 valence electrons. The molecule has 3 nitrogen and oxygen atoms in total. The average Bonchev–Trinajstić information content (AvgIpc) is 2.37.